The fraction of sp³-hybridized carbons (Fsp3) is 0.125. The molecule has 7 heteroatoms. The molecule has 2 aromatic rings. The van der Waals surface area contributed by atoms with E-state index in [-0.39, 0.29) is 5.75 Å². The third-order valence-electron chi connectivity index (χ3n) is 3.04. The zero-order valence-electron chi connectivity index (χ0n) is 12.6. The van der Waals surface area contributed by atoms with Gasteiger partial charge in [0.1, 0.15) is 0 Å². The number of carbonyl (C=O) groups is 1. The number of hydrazone groups is 1. The van der Waals surface area contributed by atoms with Gasteiger partial charge in [0, 0.05) is 5.69 Å². The van der Waals surface area contributed by atoms with Crippen LogP contribution in [0.15, 0.2) is 41.5 Å². The van der Waals surface area contributed by atoms with E-state index in [9.17, 15) is 9.90 Å². The number of nitrogens with one attached hydrogen (secondary N) is 2. The molecule has 0 unspecified atom stereocenters. The molecule has 0 aliphatic heterocycles. The van der Waals surface area contributed by atoms with Gasteiger partial charge in [-0.2, -0.15) is 5.10 Å². The lowest BCUT2D eigenvalue weighted by atomic mass is 10.2. The number of ether oxygens (including phenoxy) is 1. The van der Waals surface area contributed by atoms with E-state index in [0.717, 1.165) is 11.3 Å². The van der Waals surface area contributed by atoms with E-state index in [4.69, 9.17) is 4.74 Å². The molecule has 0 radical (unpaired) electrons. The molecule has 120 valence electrons. The highest BCUT2D eigenvalue weighted by atomic mass is 127. The van der Waals surface area contributed by atoms with Crippen molar-refractivity contribution in [3.63, 3.8) is 0 Å². The second kappa shape index (κ2) is 7.82. The number of para-hydroxylation sites is 1. The molecule has 2 rings (SSSR count). The minimum atomic E-state index is -0.434. The Kier molecular flexibility index (Phi) is 5.80. The average Bonchev–Trinajstić information content (AvgIpc) is 2.53. The summed E-state index contributed by atoms with van der Waals surface area (Å²) in [7, 11) is 1.47. The molecule has 0 aromatic heterocycles. The zero-order valence-corrected chi connectivity index (χ0v) is 14.8. The van der Waals surface area contributed by atoms with Crippen molar-refractivity contribution in [2.24, 2.45) is 5.10 Å². The van der Waals surface area contributed by atoms with Crippen molar-refractivity contribution in [3.05, 3.63) is 51.1 Å². The lowest BCUT2D eigenvalue weighted by Crippen LogP contribution is -2.24. The number of amides is 2. The molecule has 2 aromatic carbocycles. The Morgan fingerprint density at radius 1 is 1.35 bits per heavy atom. The summed E-state index contributed by atoms with van der Waals surface area (Å²) in [6.45, 7) is 1.91. The first-order chi connectivity index (χ1) is 11.0. The summed E-state index contributed by atoms with van der Waals surface area (Å²) in [5.74, 6) is 0.429. The quantitative estimate of drug-likeness (QED) is 0.399. The summed E-state index contributed by atoms with van der Waals surface area (Å²) < 4.78 is 5.70. The van der Waals surface area contributed by atoms with E-state index in [1.54, 1.807) is 12.1 Å². The fourth-order valence-electron chi connectivity index (χ4n) is 1.85. The number of phenolic OH excluding ortho intramolecular Hbond substituents is 1. The predicted octanol–water partition coefficient (Wildman–Crippen LogP) is 3.47. The second-order valence-corrected chi connectivity index (χ2v) is 5.85. The molecular weight excluding hydrogens is 409 g/mol. The Labute approximate surface area is 147 Å². The number of hydrogen-bond acceptors (Lipinski definition) is 4. The van der Waals surface area contributed by atoms with Crippen LogP contribution >= 0.6 is 22.6 Å². The van der Waals surface area contributed by atoms with Crippen LogP contribution in [-0.2, 0) is 0 Å². The molecule has 0 spiro atoms. The SMILES string of the molecule is COc1cc(C=NNC(=O)Nc2ccccc2C)cc(I)c1O. The molecule has 23 heavy (non-hydrogen) atoms. The molecule has 3 N–H and O–H groups in total. The number of benzene rings is 2. The third-order valence-corrected chi connectivity index (χ3v) is 3.87. The Hall–Kier alpha value is -2.29. The molecule has 2 amide bonds. The predicted molar refractivity (Wildman–Crippen MR) is 98.3 cm³/mol. The van der Waals surface area contributed by atoms with Crippen LogP contribution in [-0.4, -0.2) is 24.5 Å². The molecule has 0 bridgehead atoms. The summed E-state index contributed by atoms with van der Waals surface area (Å²) in [6.07, 6.45) is 1.47. The molecule has 0 heterocycles. The molecular formula is C16H16IN3O3. The highest BCUT2D eigenvalue weighted by Gasteiger charge is 2.07. The van der Waals surface area contributed by atoms with Crippen molar-refractivity contribution in [3.8, 4) is 11.5 Å². The first-order valence-corrected chi connectivity index (χ1v) is 7.81. The normalized spacial score (nSPS) is 10.6. The van der Waals surface area contributed by atoms with Gasteiger partial charge in [-0.25, -0.2) is 10.2 Å². The first kappa shape index (κ1) is 17.1. The number of aromatic hydroxyl groups is 1. The van der Waals surface area contributed by atoms with Gasteiger partial charge < -0.3 is 15.2 Å². The third kappa shape index (κ3) is 4.59. The van der Waals surface area contributed by atoms with Crippen molar-refractivity contribution in [2.45, 2.75) is 6.92 Å². The number of urea groups is 1. The number of halogens is 1. The first-order valence-electron chi connectivity index (χ1n) is 6.73. The van der Waals surface area contributed by atoms with Gasteiger partial charge in [0.25, 0.3) is 0 Å². The van der Waals surface area contributed by atoms with Gasteiger partial charge in [-0.3, -0.25) is 0 Å². The van der Waals surface area contributed by atoms with Crippen LogP contribution in [0.25, 0.3) is 0 Å². The van der Waals surface area contributed by atoms with E-state index in [2.05, 4.69) is 15.8 Å². The van der Waals surface area contributed by atoms with Crippen molar-refractivity contribution >= 4 is 40.5 Å². The molecule has 0 aliphatic carbocycles. The summed E-state index contributed by atoms with van der Waals surface area (Å²) >= 11 is 1.99. The Morgan fingerprint density at radius 2 is 2.09 bits per heavy atom. The Bertz CT molecular complexity index is 747. The van der Waals surface area contributed by atoms with Crippen molar-refractivity contribution in [1.82, 2.24) is 5.43 Å². The molecule has 6 nitrogen and oxygen atoms in total. The number of carbonyl (C=O) groups excluding carboxylic acids is 1. The van der Waals surface area contributed by atoms with Crippen molar-refractivity contribution in [1.29, 1.82) is 0 Å². The molecule has 0 saturated heterocycles. The average molecular weight is 425 g/mol. The van der Waals surface area contributed by atoms with Crippen LogP contribution in [0.4, 0.5) is 10.5 Å². The van der Waals surface area contributed by atoms with Gasteiger partial charge in [-0.05, 0) is 58.8 Å². The van der Waals surface area contributed by atoms with Crippen LogP contribution in [0, 0.1) is 10.5 Å². The van der Waals surface area contributed by atoms with Crippen LogP contribution in [0.5, 0.6) is 11.5 Å². The molecule has 0 fully saturated rings. The Balaban J connectivity index is 2.00. The Morgan fingerprint density at radius 3 is 2.78 bits per heavy atom. The van der Waals surface area contributed by atoms with Crippen LogP contribution in [0.2, 0.25) is 0 Å². The topological polar surface area (TPSA) is 83.0 Å². The highest BCUT2D eigenvalue weighted by molar-refractivity contribution is 14.1. The van der Waals surface area contributed by atoms with E-state index < -0.39 is 6.03 Å². The maximum absolute atomic E-state index is 11.8. The summed E-state index contributed by atoms with van der Waals surface area (Å²) in [5, 5.41) is 16.4. The number of rotatable bonds is 4. The fourth-order valence-corrected chi connectivity index (χ4v) is 2.48. The number of methoxy groups -OCH3 is 1. The summed E-state index contributed by atoms with van der Waals surface area (Å²) in [4.78, 5) is 11.8. The molecule has 0 aliphatic rings. The maximum atomic E-state index is 11.8. The lowest BCUT2D eigenvalue weighted by molar-refractivity contribution is 0.252. The highest BCUT2D eigenvalue weighted by Crippen LogP contribution is 2.31. The van der Waals surface area contributed by atoms with Crippen molar-refractivity contribution in [2.75, 3.05) is 12.4 Å². The van der Waals surface area contributed by atoms with Crippen molar-refractivity contribution < 1.29 is 14.6 Å². The smallest absolute Gasteiger partial charge is 0.339 e. The summed E-state index contributed by atoms with van der Waals surface area (Å²) in [6, 6.07) is 10.4. The maximum Gasteiger partial charge on any atom is 0.339 e. The van der Waals surface area contributed by atoms with Gasteiger partial charge in [0.2, 0.25) is 0 Å². The van der Waals surface area contributed by atoms with Crippen LogP contribution in [0.3, 0.4) is 0 Å². The monoisotopic (exact) mass is 425 g/mol. The molecule has 0 saturated carbocycles. The summed E-state index contributed by atoms with van der Waals surface area (Å²) in [5.41, 5.74) is 4.77. The van der Waals surface area contributed by atoms with Gasteiger partial charge in [-0.1, -0.05) is 18.2 Å². The van der Waals surface area contributed by atoms with Gasteiger partial charge in [0.05, 0.1) is 16.9 Å². The minimum absolute atomic E-state index is 0.0792. The van der Waals surface area contributed by atoms with E-state index in [1.807, 2.05) is 53.8 Å². The van der Waals surface area contributed by atoms with Gasteiger partial charge in [-0.15, -0.1) is 0 Å². The standard InChI is InChI=1S/C16H16IN3O3/c1-10-5-3-4-6-13(10)19-16(22)20-18-9-11-7-12(17)15(21)14(8-11)23-2/h3-9,21H,1-2H3,(H2,19,20,22). The molecule has 0 atom stereocenters. The van der Waals surface area contributed by atoms with E-state index in [1.165, 1.54) is 13.3 Å². The van der Waals surface area contributed by atoms with Crippen LogP contribution in [0.1, 0.15) is 11.1 Å². The van der Waals surface area contributed by atoms with E-state index in [0.29, 0.717) is 14.9 Å². The zero-order chi connectivity index (χ0) is 16.8. The number of anilines is 1. The van der Waals surface area contributed by atoms with Crippen LogP contribution < -0.4 is 15.5 Å². The number of aryl methyl sites for hydroxylation is 1. The number of hydrogen-bond donors (Lipinski definition) is 3. The number of nitrogens with zero attached hydrogens (tertiary/aromatic N) is 1. The van der Waals surface area contributed by atoms with Gasteiger partial charge >= 0.3 is 6.03 Å². The van der Waals surface area contributed by atoms with Gasteiger partial charge in [0.15, 0.2) is 11.5 Å². The number of phenols is 1. The minimum Gasteiger partial charge on any atom is -0.504 e. The largest absolute Gasteiger partial charge is 0.504 e. The second-order valence-electron chi connectivity index (χ2n) is 4.69. The lowest BCUT2D eigenvalue weighted by Gasteiger charge is -2.07. The van der Waals surface area contributed by atoms with E-state index >= 15 is 0 Å².